The largest absolute Gasteiger partial charge is 4.00 e. The van der Waals surface area contributed by atoms with Gasteiger partial charge >= 0.3 is 25.8 Å². The van der Waals surface area contributed by atoms with E-state index in [0.29, 0.717) is 29.6 Å². The molecule has 1 aromatic heterocycles. The summed E-state index contributed by atoms with van der Waals surface area (Å²) < 4.78 is 2.27. The fraction of sp³-hybridized carbons (Fsp3) is 0.471. The van der Waals surface area contributed by atoms with Crippen LogP contribution in [-0.2, 0) is 32.9 Å². The van der Waals surface area contributed by atoms with Gasteiger partial charge in [-0.15, -0.1) is 5.69 Å². The normalized spacial score (nSPS) is 12.2. The van der Waals surface area contributed by atoms with Gasteiger partial charge in [-0.05, 0) is 80.1 Å². The Kier molecular flexibility index (Phi) is 21.0. The summed E-state index contributed by atoms with van der Waals surface area (Å²) in [5, 5.41) is 16.4. The number of para-hydroxylation sites is 1. The number of fused-ring (bicyclic) bond motifs is 3. The molecule has 58 heavy (non-hydrogen) atoms. The molecule has 7 heteroatoms. The van der Waals surface area contributed by atoms with E-state index in [0.717, 1.165) is 17.2 Å². The Bertz CT molecular complexity index is 1880. The van der Waals surface area contributed by atoms with E-state index in [1.54, 1.807) is 42.3 Å². The van der Waals surface area contributed by atoms with Crippen molar-refractivity contribution in [3.05, 3.63) is 162 Å². The zero-order chi connectivity index (χ0) is 42.6. The second kappa shape index (κ2) is 24.0. The van der Waals surface area contributed by atoms with Crippen molar-refractivity contribution in [3.63, 3.8) is 0 Å². The van der Waals surface area contributed by atoms with Gasteiger partial charge in [0.2, 0.25) is 0 Å². The molecule has 0 saturated heterocycles. The van der Waals surface area contributed by atoms with Gasteiger partial charge in [-0.3, -0.25) is 0 Å². The SMILES string of the molecule is CC(C)c1cc(C(C)C)c(C([N-]c2c(C(C)C)cccc2C(C)C)c2nc(C3c4ccccc4-c4ccccc43)cn2C)c(C(C)C)c1.C[N-]C.C[N-]C.C[N-]C.[Hf+4]. The average Bonchev–Trinajstić information content (AvgIpc) is 3.71. The number of benzene rings is 4. The Morgan fingerprint density at radius 2 is 0.931 bits per heavy atom. The maximum atomic E-state index is 5.91. The van der Waals surface area contributed by atoms with Crippen LogP contribution >= 0.6 is 0 Å². The summed E-state index contributed by atoms with van der Waals surface area (Å²) in [5.74, 6) is 2.92. The topological polar surface area (TPSA) is 74.2 Å². The summed E-state index contributed by atoms with van der Waals surface area (Å²) in [6.07, 6.45) is 2.27. The van der Waals surface area contributed by atoms with Gasteiger partial charge in [0.15, 0.2) is 0 Å². The molecule has 0 saturated carbocycles. The molecule has 1 aliphatic carbocycles. The first kappa shape index (κ1) is 50.8. The first-order valence-electron chi connectivity index (χ1n) is 20.8. The monoisotopic (exact) mass is 949 g/mol. The van der Waals surface area contributed by atoms with Gasteiger partial charge in [-0.25, -0.2) is 4.98 Å². The molecule has 5 aromatic rings. The molecule has 1 heterocycles. The summed E-state index contributed by atoms with van der Waals surface area (Å²) in [6, 6.07) is 29.1. The van der Waals surface area contributed by atoms with Crippen molar-refractivity contribution in [1.29, 1.82) is 0 Å². The molecule has 6 nitrogen and oxygen atoms in total. The molecule has 0 radical (unpaired) electrons. The predicted octanol–water partition coefficient (Wildman–Crippen LogP) is 14.8. The molecular formula is C51H72HfN6. The van der Waals surface area contributed by atoms with Crippen molar-refractivity contribution in [2.24, 2.45) is 7.05 Å². The van der Waals surface area contributed by atoms with Crippen LogP contribution in [0.1, 0.15) is 167 Å². The molecule has 310 valence electrons. The smallest absolute Gasteiger partial charge is 0.671 e. The summed E-state index contributed by atoms with van der Waals surface area (Å²) >= 11 is 0. The minimum Gasteiger partial charge on any atom is -0.671 e. The third-order valence-corrected chi connectivity index (χ3v) is 10.4. The minimum atomic E-state index is -0.260. The zero-order valence-electron chi connectivity index (χ0n) is 38.8. The number of hydrogen-bond acceptors (Lipinski definition) is 1. The summed E-state index contributed by atoms with van der Waals surface area (Å²) in [6.45, 7) is 23.1. The fourth-order valence-corrected chi connectivity index (χ4v) is 7.74. The number of rotatable bonds is 10. The third kappa shape index (κ3) is 11.9. The van der Waals surface area contributed by atoms with Crippen molar-refractivity contribution in [2.75, 3.05) is 42.3 Å². The van der Waals surface area contributed by atoms with Gasteiger partial charge in [0.25, 0.3) is 0 Å². The van der Waals surface area contributed by atoms with Crippen LogP contribution in [-0.4, -0.2) is 51.8 Å². The molecule has 6 rings (SSSR count). The van der Waals surface area contributed by atoms with Crippen molar-refractivity contribution < 1.29 is 25.8 Å². The zero-order valence-corrected chi connectivity index (χ0v) is 42.4. The standard InChI is InChI=1S/C45H54N3.3C2H6N.Hf/c1-26(2)31-23-38(29(7)8)42(39(24-31)30(9)10)44(47-43-32(27(3)4)21-16-22-33(43)28(5)6)45-46-40(25-48(45)11)41-36-19-14-12-17-34(36)35-18-13-15-20-37(35)41;3*1-3-2;/h12-30,41,44H,1-11H3;3*1-2H3;/q4*-1;+4. The molecule has 0 aliphatic heterocycles. The van der Waals surface area contributed by atoms with E-state index in [1.165, 1.54) is 55.6 Å². The summed E-state index contributed by atoms with van der Waals surface area (Å²) in [4.78, 5) is 5.64. The Labute approximate surface area is 372 Å². The third-order valence-electron chi connectivity index (χ3n) is 10.4. The molecule has 0 bridgehead atoms. The molecule has 1 aliphatic rings. The molecule has 0 amide bonds. The van der Waals surface area contributed by atoms with Crippen LogP contribution in [0.5, 0.6) is 0 Å². The fourth-order valence-electron chi connectivity index (χ4n) is 7.74. The second-order valence-electron chi connectivity index (χ2n) is 16.8. The number of imidazole rings is 1. The van der Waals surface area contributed by atoms with Crippen LogP contribution < -0.4 is 0 Å². The van der Waals surface area contributed by atoms with E-state index in [9.17, 15) is 0 Å². The Morgan fingerprint density at radius 1 is 0.534 bits per heavy atom. The molecule has 1 atom stereocenters. The van der Waals surface area contributed by atoms with E-state index in [4.69, 9.17) is 10.3 Å². The van der Waals surface area contributed by atoms with Crippen molar-refractivity contribution in [1.82, 2.24) is 9.55 Å². The number of aromatic nitrogens is 2. The second-order valence-corrected chi connectivity index (χ2v) is 16.8. The van der Waals surface area contributed by atoms with Gasteiger partial charge in [-0.2, -0.15) is 42.3 Å². The predicted molar refractivity (Wildman–Crippen MR) is 250 cm³/mol. The number of nitrogens with zero attached hydrogens (tertiary/aromatic N) is 6. The minimum absolute atomic E-state index is 0. The quantitative estimate of drug-likeness (QED) is 0.126. The Hall–Kier alpha value is -3.36. The maximum absolute atomic E-state index is 5.91. The van der Waals surface area contributed by atoms with Crippen LogP contribution in [0.4, 0.5) is 5.69 Å². The van der Waals surface area contributed by atoms with Crippen LogP contribution in [0.25, 0.3) is 32.4 Å². The molecule has 1 unspecified atom stereocenters. The molecule has 0 fully saturated rings. The average molecular weight is 948 g/mol. The van der Waals surface area contributed by atoms with Gasteiger partial charge in [0, 0.05) is 13.2 Å². The van der Waals surface area contributed by atoms with Crippen LogP contribution in [0.2, 0.25) is 0 Å². The number of aryl methyl sites for hydroxylation is 1. The first-order valence-corrected chi connectivity index (χ1v) is 20.8. The molecule has 0 spiro atoms. The van der Waals surface area contributed by atoms with Crippen LogP contribution in [0.15, 0.2) is 85.1 Å². The molecule has 4 aromatic carbocycles. The first-order chi connectivity index (χ1) is 27.1. The van der Waals surface area contributed by atoms with Crippen molar-refractivity contribution >= 4 is 5.69 Å². The number of hydrogen-bond donors (Lipinski definition) is 0. The Morgan fingerprint density at radius 3 is 1.31 bits per heavy atom. The van der Waals surface area contributed by atoms with Gasteiger partial charge in [-0.1, -0.05) is 159 Å². The van der Waals surface area contributed by atoms with E-state index in [-0.39, 0.29) is 37.8 Å². The maximum Gasteiger partial charge on any atom is 4.00 e. The van der Waals surface area contributed by atoms with E-state index < -0.39 is 0 Å². The van der Waals surface area contributed by atoms with Gasteiger partial charge in [0.05, 0.1) is 17.4 Å². The van der Waals surface area contributed by atoms with Gasteiger partial charge < -0.3 is 25.8 Å². The van der Waals surface area contributed by atoms with Gasteiger partial charge in [0.1, 0.15) is 0 Å². The van der Waals surface area contributed by atoms with Crippen LogP contribution in [0.3, 0.4) is 0 Å². The van der Waals surface area contributed by atoms with E-state index in [2.05, 4.69) is 182 Å². The van der Waals surface area contributed by atoms with Crippen molar-refractivity contribution in [2.45, 2.75) is 111 Å². The summed E-state index contributed by atoms with van der Waals surface area (Å²) in [5.41, 5.74) is 15.6. The molecular weight excluding hydrogens is 875 g/mol. The summed E-state index contributed by atoms with van der Waals surface area (Å²) in [7, 11) is 12.7. The molecule has 0 N–H and O–H groups in total. The Balaban J connectivity index is 0.00000106. The van der Waals surface area contributed by atoms with Crippen LogP contribution in [0, 0.1) is 0 Å². The van der Waals surface area contributed by atoms with E-state index in [1.807, 2.05) is 0 Å². The van der Waals surface area contributed by atoms with E-state index >= 15 is 0 Å². The van der Waals surface area contributed by atoms with Crippen molar-refractivity contribution in [3.8, 4) is 11.1 Å².